The molecule has 2 aromatic rings. The van der Waals surface area contributed by atoms with Crippen molar-refractivity contribution in [2.24, 2.45) is 0 Å². The molecular weight excluding hydrogens is 328 g/mol. The third kappa shape index (κ3) is 4.41. The Hall–Kier alpha value is -1.65. The van der Waals surface area contributed by atoms with Crippen LogP contribution in [0.3, 0.4) is 0 Å². The largest absolute Gasteiger partial charge is 0.325 e. The molecule has 0 saturated heterocycles. The smallest absolute Gasteiger partial charge is 0.241 e. The molecule has 4 heteroatoms. The summed E-state index contributed by atoms with van der Waals surface area (Å²) < 4.78 is 1.04. The van der Waals surface area contributed by atoms with Gasteiger partial charge in [-0.25, -0.2) is 0 Å². The van der Waals surface area contributed by atoms with Gasteiger partial charge in [0.05, 0.1) is 6.04 Å². The summed E-state index contributed by atoms with van der Waals surface area (Å²) in [6.45, 7) is 3.91. The fourth-order valence-corrected chi connectivity index (χ4v) is 2.77. The molecule has 2 rings (SSSR count). The zero-order chi connectivity index (χ0) is 15.2. The van der Waals surface area contributed by atoms with Gasteiger partial charge in [-0.15, -0.1) is 0 Å². The zero-order valence-corrected chi connectivity index (χ0v) is 13.7. The van der Waals surface area contributed by atoms with Crippen LogP contribution in [0.4, 0.5) is 5.69 Å². The van der Waals surface area contributed by atoms with E-state index in [1.165, 1.54) is 0 Å². The van der Waals surface area contributed by atoms with Crippen LogP contribution < -0.4 is 10.6 Å². The highest BCUT2D eigenvalue weighted by Crippen LogP contribution is 2.23. The van der Waals surface area contributed by atoms with Crippen molar-refractivity contribution in [1.82, 2.24) is 5.32 Å². The molecule has 0 radical (unpaired) electrons. The molecule has 0 heterocycles. The lowest BCUT2D eigenvalue weighted by Gasteiger charge is -2.21. The quantitative estimate of drug-likeness (QED) is 0.854. The second kappa shape index (κ2) is 7.38. The summed E-state index contributed by atoms with van der Waals surface area (Å²) in [7, 11) is 0. The van der Waals surface area contributed by atoms with Crippen LogP contribution in [0.25, 0.3) is 0 Å². The molecule has 0 saturated carbocycles. The van der Waals surface area contributed by atoms with E-state index in [1.807, 2.05) is 68.4 Å². The summed E-state index contributed by atoms with van der Waals surface area (Å²) >= 11 is 3.54. The standard InChI is InChI=1S/C17H19BrN2O/c1-12(15-10-6-7-11-16(15)18)19-13(2)17(21)20-14-8-4-3-5-9-14/h3-13,19H,1-2H3,(H,20,21)/t12-,13?/m1/s1. The monoisotopic (exact) mass is 346 g/mol. The van der Waals surface area contributed by atoms with Gasteiger partial charge in [0, 0.05) is 16.2 Å². The molecule has 0 aliphatic carbocycles. The first kappa shape index (κ1) is 15.7. The predicted molar refractivity (Wildman–Crippen MR) is 90.2 cm³/mol. The maximum absolute atomic E-state index is 12.2. The van der Waals surface area contributed by atoms with Gasteiger partial charge in [0.2, 0.25) is 5.91 Å². The minimum Gasteiger partial charge on any atom is -0.325 e. The second-order valence-corrected chi connectivity index (χ2v) is 5.84. The summed E-state index contributed by atoms with van der Waals surface area (Å²) in [6, 6.07) is 17.3. The van der Waals surface area contributed by atoms with Crippen LogP contribution in [0.2, 0.25) is 0 Å². The van der Waals surface area contributed by atoms with Crippen molar-refractivity contribution in [1.29, 1.82) is 0 Å². The van der Waals surface area contributed by atoms with Crippen molar-refractivity contribution in [2.75, 3.05) is 5.32 Å². The number of carbonyl (C=O) groups is 1. The highest BCUT2D eigenvalue weighted by molar-refractivity contribution is 9.10. The van der Waals surface area contributed by atoms with Crippen molar-refractivity contribution < 1.29 is 4.79 Å². The first-order valence-corrected chi connectivity index (χ1v) is 7.73. The zero-order valence-electron chi connectivity index (χ0n) is 12.1. The van der Waals surface area contributed by atoms with Crippen LogP contribution in [-0.4, -0.2) is 11.9 Å². The Kier molecular flexibility index (Phi) is 5.53. The molecular formula is C17H19BrN2O. The maximum atomic E-state index is 12.2. The average molecular weight is 347 g/mol. The van der Waals surface area contributed by atoms with E-state index in [4.69, 9.17) is 0 Å². The molecule has 0 aliphatic rings. The van der Waals surface area contributed by atoms with E-state index in [1.54, 1.807) is 0 Å². The first-order chi connectivity index (χ1) is 10.1. The Bertz CT molecular complexity index is 601. The van der Waals surface area contributed by atoms with Crippen molar-refractivity contribution in [3.05, 3.63) is 64.6 Å². The molecule has 21 heavy (non-hydrogen) atoms. The summed E-state index contributed by atoms with van der Waals surface area (Å²) in [5.74, 6) is -0.0416. The van der Waals surface area contributed by atoms with Gasteiger partial charge < -0.3 is 5.32 Å². The molecule has 0 aliphatic heterocycles. The van der Waals surface area contributed by atoms with Gasteiger partial charge in [-0.3, -0.25) is 10.1 Å². The van der Waals surface area contributed by atoms with E-state index in [-0.39, 0.29) is 18.0 Å². The predicted octanol–water partition coefficient (Wildman–Crippen LogP) is 4.13. The van der Waals surface area contributed by atoms with Crippen LogP contribution in [0.15, 0.2) is 59.1 Å². The Labute approximate surface area is 133 Å². The van der Waals surface area contributed by atoms with Crippen LogP contribution in [-0.2, 0) is 4.79 Å². The number of rotatable bonds is 5. The lowest BCUT2D eigenvalue weighted by atomic mass is 10.1. The van der Waals surface area contributed by atoms with E-state index in [9.17, 15) is 4.79 Å². The number of nitrogens with one attached hydrogen (secondary N) is 2. The van der Waals surface area contributed by atoms with E-state index < -0.39 is 0 Å². The van der Waals surface area contributed by atoms with E-state index >= 15 is 0 Å². The molecule has 2 aromatic carbocycles. The fourth-order valence-electron chi connectivity index (χ4n) is 2.14. The van der Waals surface area contributed by atoms with Gasteiger partial charge in [-0.2, -0.15) is 0 Å². The Morgan fingerprint density at radius 1 is 1.00 bits per heavy atom. The highest BCUT2D eigenvalue weighted by atomic mass is 79.9. The molecule has 0 aromatic heterocycles. The minimum atomic E-state index is -0.285. The molecule has 2 N–H and O–H groups in total. The number of para-hydroxylation sites is 1. The molecule has 110 valence electrons. The normalized spacial score (nSPS) is 13.5. The topological polar surface area (TPSA) is 41.1 Å². The molecule has 0 fully saturated rings. The van der Waals surface area contributed by atoms with Gasteiger partial charge >= 0.3 is 0 Å². The lowest BCUT2D eigenvalue weighted by Crippen LogP contribution is -2.39. The van der Waals surface area contributed by atoms with Crippen LogP contribution in [0.1, 0.15) is 25.5 Å². The minimum absolute atomic E-state index is 0.0416. The summed E-state index contributed by atoms with van der Waals surface area (Å²) in [4.78, 5) is 12.2. The Morgan fingerprint density at radius 2 is 1.62 bits per heavy atom. The van der Waals surface area contributed by atoms with E-state index in [0.717, 1.165) is 15.7 Å². The van der Waals surface area contributed by atoms with Gasteiger partial charge in [-0.1, -0.05) is 52.3 Å². The average Bonchev–Trinajstić information content (AvgIpc) is 2.48. The summed E-state index contributed by atoms with van der Waals surface area (Å²) in [5, 5.41) is 6.21. The van der Waals surface area contributed by atoms with Crippen molar-refractivity contribution in [3.63, 3.8) is 0 Å². The Morgan fingerprint density at radius 3 is 2.29 bits per heavy atom. The maximum Gasteiger partial charge on any atom is 0.241 e. The number of carbonyl (C=O) groups excluding carboxylic acids is 1. The molecule has 0 bridgehead atoms. The number of benzene rings is 2. The summed E-state index contributed by atoms with van der Waals surface area (Å²) in [5.41, 5.74) is 1.95. The third-order valence-corrected chi connectivity index (χ3v) is 4.03. The molecule has 1 unspecified atom stereocenters. The highest BCUT2D eigenvalue weighted by Gasteiger charge is 2.17. The van der Waals surface area contributed by atoms with Crippen LogP contribution in [0, 0.1) is 0 Å². The third-order valence-electron chi connectivity index (χ3n) is 3.31. The van der Waals surface area contributed by atoms with Gasteiger partial charge in [0.25, 0.3) is 0 Å². The molecule has 2 atom stereocenters. The molecule has 3 nitrogen and oxygen atoms in total. The first-order valence-electron chi connectivity index (χ1n) is 6.94. The number of halogens is 1. The molecule has 1 amide bonds. The van der Waals surface area contributed by atoms with E-state index in [2.05, 4.69) is 26.6 Å². The number of amides is 1. The number of hydrogen-bond donors (Lipinski definition) is 2. The summed E-state index contributed by atoms with van der Waals surface area (Å²) in [6.07, 6.45) is 0. The van der Waals surface area contributed by atoms with E-state index in [0.29, 0.717) is 0 Å². The molecule has 0 spiro atoms. The van der Waals surface area contributed by atoms with Crippen LogP contribution in [0.5, 0.6) is 0 Å². The fraction of sp³-hybridized carbons (Fsp3) is 0.235. The van der Waals surface area contributed by atoms with Gasteiger partial charge in [-0.05, 0) is 37.6 Å². The SMILES string of the molecule is CC(N[C@H](C)c1ccccc1Br)C(=O)Nc1ccccc1. The number of hydrogen-bond acceptors (Lipinski definition) is 2. The van der Waals surface area contributed by atoms with Gasteiger partial charge in [0.1, 0.15) is 0 Å². The Balaban J connectivity index is 1.96. The van der Waals surface area contributed by atoms with Crippen molar-refractivity contribution in [2.45, 2.75) is 25.9 Å². The van der Waals surface area contributed by atoms with Crippen molar-refractivity contribution >= 4 is 27.5 Å². The van der Waals surface area contributed by atoms with Crippen LogP contribution >= 0.6 is 15.9 Å². The van der Waals surface area contributed by atoms with Crippen molar-refractivity contribution in [3.8, 4) is 0 Å². The number of anilines is 1. The lowest BCUT2D eigenvalue weighted by molar-refractivity contribution is -0.117. The van der Waals surface area contributed by atoms with Gasteiger partial charge in [0.15, 0.2) is 0 Å². The second-order valence-electron chi connectivity index (χ2n) is 4.99.